The highest BCUT2D eigenvalue weighted by atomic mass is 35.5. The largest absolute Gasteiger partial charge is 0.468 e. The molecule has 4 nitrogen and oxygen atoms in total. The summed E-state index contributed by atoms with van der Waals surface area (Å²) in [7, 11) is 2.32. The summed E-state index contributed by atoms with van der Waals surface area (Å²) >= 11 is 5.75. The molecule has 0 amide bonds. The minimum absolute atomic E-state index is 0.0735. The van der Waals surface area contributed by atoms with Gasteiger partial charge in [0.05, 0.1) is 19.2 Å². The molecule has 0 saturated carbocycles. The van der Waals surface area contributed by atoms with Crippen molar-refractivity contribution < 1.29 is 23.5 Å². The lowest BCUT2D eigenvalue weighted by molar-refractivity contribution is -0.158. The Morgan fingerprint density at radius 3 is 2.33 bits per heavy atom. The molecule has 1 aromatic rings. The van der Waals surface area contributed by atoms with Crippen LogP contribution < -0.4 is 0 Å². The van der Waals surface area contributed by atoms with Crippen molar-refractivity contribution in [2.24, 2.45) is 5.92 Å². The number of ether oxygens (including phenoxy) is 2. The molecule has 0 saturated heterocycles. The first-order valence-electron chi connectivity index (χ1n) is 5.09. The molecule has 0 aliphatic carbocycles. The third-order valence-electron chi connectivity index (χ3n) is 2.43. The maximum absolute atomic E-state index is 13.2. The Morgan fingerprint density at radius 1 is 1.28 bits per heavy atom. The molecular weight excluding hydrogens is 263 g/mol. The van der Waals surface area contributed by atoms with Gasteiger partial charge in [-0.25, -0.2) is 4.39 Å². The molecule has 0 spiro atoms. The van der Waals surface area contributed by atoms with E-state index in [-0.39, 0.29) is 11.4 Å². The third kappa shape index (κ3) is 3.20. The van der Waals surface area contributed by atoms with Gasteiger partial charge in [-0.2, -0.15) is 0 Å². The quantitative estimate of drug-likeness (QED) is 0.622. The molecule has 0 heterocycles. The molecule has 18 heavy (non-hydrogen) atoms. The lowest BCUT2D eigenvalue weighted by Gasteiger charge is -2.13. The Bertz CT molecular complexity index is 445. The number of rotatable bonds is 4. The maximum atomic E-state index is 13.2. The standard InChI is InChI=1S/C12H12ClFO4/c1-17-11(15)8(12(16)18-2)6-7-4-3-5-9(14)10(7)13/h3-5,8H,6H2,1-2H3. The molecular formula is C12H12ClFO4. The van der Waals surface area contributed by atoms with Crippen LogP contribution in [0.2, 0.25) is 5.02 Å². The average Bonchev–Trinajstić information content (AvgIpc) is 2.38. The number of halogens is 2. The van der Waals surface area contributed by atoms with Gasteiger partial charge in [-0.1, -0.05) is 23.7 Å². The van der Waals surface area contributed by atoms with Gasteiger partial charge in [-0.05, 0) is 18.1 Å². The summed E-state index contributed by atoms with van der Waals surface area (Å²) in [5, 5.41) is -0.115. The normalized spacial score (nSPS) is 10.3. The fourth-order valence-electron chi connectivity index (χ4n) is 1.47. The zero-order valence-electron chi connectivity index (χ0n) is 9.91. The third-order valence-corrected chi connectivity index (χ3v) is 2.85. The number of carbonyl (C=O) groups excluding carboxylic acids is 2. The summed E-state index contributed by atoms with van der Waals surface area (Å²) in [5.41, 5.74) is 0.345. The first kappa shape index (κ1) is 14.4. The van der Waals surface area contributed by atoms with E-state index in [1.54, 1.807) is 0 Å². The zero-order valence-corrected chi connectivity index (χ0v) is 10.7. The number of esters is 2. The van der Waals surface area contributed by atoms with Crippen molar-refractivity contribution in [1.82, 2.24) is 0 Å². The molecule has 98 valence electrons. The molecule has 0 atom stereocenters. The van der Waals surface area contributed by atoms with Crippen molar-refractivity contribution in [2.45, 2.75) is 6.42 Å². The smallest absolute Gasteiger partial charge is 0.320 e. The Kier molecular flexibility index (Phi) is 5.09. The fraction of sp³-hybridized carbons (Fsp3) is 0.333. The maximum Gasteiger partial charge on any atom is 0.320 e. The predicted molar refractivity (Wildman–Crippen MR) is 62.6 cm³/mol. The van der Waals surface area contributed by atoms with Crippen LogP contribution in [-0.2, 0) is 25.5 Å². The highest BCUT2D eigenvalue weighted by Gasteiger charge is 2.29. The van der Waals surface area contributed by atoms with E-state index >= 15 is 0 Å². The lowest BCUT2D eigenvalue weighted by atomic mass is 9.99. The first-order valence-corrected chi connectivity index (χ1v) is 5.47. The van der Waals surface area contributed by atoms with E-state index in [2.05, 4.69) is 9.47 Å². The van der Waals surface area contributed by atoms with Crippen LogP contribution in [0.3, 0.4) is 0 Å². The van der Waals surface area contributed by atoms with E-state index in [4.69, 9.17) is 11.6 Å². The molecule has 6 heteroatoms. The van der Waals surface area contributed by atoms with Crippen LogP contribution in [0.1, 0.15) is 5.56 Å². The molecule has 0 aliphatic rings. The molecule has 1 rings (SSSR count). The first-order chi connectivity index (χ1) is 8.51. The van der Waals surface area contributed by atoms with Crippen molar-refractivity contribution in [3.05, 3.63) is 34.6 Å². The zero-order chi connectivity index (χ0) is 13.7. The van der Waals surface area contributed by atoms with Gasteiger partial charge in [0.15, 0.2) is 5.92 Å². The van der Waals surface area contributed by atoms with Gasteiger partial charge in [0.2, 0.25) is 0 Å². The van der Waals surface area contributed by atoms with Crippen LogP contribution in [0.15, 0.2) is 18.2 Å². The highest BCUT2D eigenvalue weighted by molar-refractivity contribution is 6.31. The monoisotopic (exact) mass is 274 g/mol. The van der Waals surface area contributed by atoms with Gasteiger partial charge in [0.1, 0.15) is 5.82 Å². The van der Waals surface area contributed by atoms with Crippen LogP contribution >= 0.6 is 11.6 Å². The number of hydrogen-bond donors (Lipinski definition) is 0. The van der Waals surface area contributed by atoms with Crippen molar-refractivity contribution in [3.8, 4) is 0 Å². The Labute approximate surface area is 109 Å². The SMILES string of the molecule is COC(=O)C(Cc1cccc(F)c1Cl)C(=O)OC. The van der Waals surface area contributed by atoms with Crippen LogP contribution in [0.25, 0.3) is 0 Å². The van der Waals surface area contributed by atoms with Crippen molar-refractivity contribution in [3.63, 3.8) is 0 Å². The minimum Gasteiger partial charge on any atom is -0.468 e. The second-order valence-corrected chi connectivity index (χ2v) is 3.89. The van der Waals surface area contributed by atoms with Crippen LogP contribution in [0.5, 0.6) is 0 Å². The van der Waals surface area contributed by atoms with Gasteiger partial charge in [0.25, 0.3) is 0 Å². The Hall–Kier alpha value is -1.62. The van der Waals surface area contributed by atoms with E-state index < -0.39 is 23.7 Å². The van der Waals surface area contributed by atoms with Gasteiger partial charge < -0.3 is 9.47 Å². The van der Waals surface area contributed by atoms with Crippen molar-refractivity contribution in [2.75, 3.05) is 14.2 Å². The van der Waals surface area contributed by atoms with Crippen molar-refractivity contribution in [1.29, 1.82) is 0 Å². The molecule has 0 radical (unpaired) electrons. The summed E-state index contributed by atoms with van der Waals surface area (Å²) in [5.74, 6) is -3.26. The molecule has 1 aromatic carbocycles. The highest BCUT2D eigenvalue weighted by Crippen LogP contribution is 2.23. The molecule has 0 N–H and O–H groups in total. The average molecular weight is 275 g/mol. The summed E-state index contributed by atoms with van der Waals surface area (Å²) < 4.78 is 22.2. The number of hydrogen-bond acceptors (Lipinski definition) is 4. The number of methoxy groups -OCH3 is 2. The Morgan fingerprint density at radius 2 is 1.83 bits per heavy atom. The van der Waals surface area contributed by atoms with E-state index in [1.165, 1.54) is 18.2 Å². The molecule has 0 aliphatic heterocycles. The summed E-state index contributed by atoms with van der Waals surface area (Å²) in [4.78, 5) is 22.9. The summed E-state index contributed by atoms with van der Waals surface area (Å²) in [6, 6.07) is 4.17. The summed E-state index contributed by atoms with van der Waals surface area (Å²) in [6.07, 6.45) is -0.0735. The molecule has 0 fully saturated rings. The van der Waals surface area contributed by atoms with Gasteiger partial charge in [0, 0.05) is 0 Å². The fourth-order valence-corrected chi connectivity index (χ4v) is 1.68. The summed E-state index contributed by atoms with van der Waals surface area (Å²) in [6.45, 7) is 0. The van der Waals surface area contributed by atoms with Crippen LogP contribution in [0, 0.1) is 11.7 Å². The van der Waals surface area contributed by atoms with Gasteiger partial charge >= 0.3 is 11.9 Å². The molecule has 0 aromatic heterocycles. The second kappa shape index (κ2) is 6.35. The van der Waals surface area contributed by atoms with E-state index in [0.717, 1.165) is 14.2 Å². The minimum atomic E-state index is -1.15. The topological polar surface area (TPSA) is 52.6 Å². The molecule has 0 bridgehead atoms. The van der Waals surface area contributed by atoms with E-state index in [1.807, 2.05) is 0 Å². The lowest BCUT2D eigenvalue weighted by Crippen LogP contribution is -2.28. The van der Waals surface area contributed by atoms with Gasteiger partial charge in [-0.15, -0.1) is 0 Å². The predicted octanol–water partition coefficient (Wildman–Crippen LogP) is 1.98. The van der Waals surface area contributed by atoms with Crippen molar-refractivity contribution >= 4 is 23.5 Å². The van der Waals surface area contributed by atoms with E-state index in [0.29, 0.717) is 5.56 Å². The number of benzene rings is 1. The van der Waals surface area contributed by atoms with Crippen LogP contribution in [0.4, 0.5) is 4.39 Å². The number of carbonyl (C=O) groups is 2. The van der Waals surface area contributed by atoms with Gasteiger partial charge in [-0.3, -0.25) is 9.59 Å². The van der Waals surface area contributed by atoms with E-state index in [9.17, 15) is 14.0 Å². The Balaban J connectivity index is 3.00. The van der Waals surface area contributed by atoms with Crippen LogP contribution in [-0.4, -0.2) is 26.2 Å². The second-order valence-electron chi connectivity index (χ2n) is 3.52. The molecule has 0 unspecified atom stereocenters.